The van der Waals surface area contributed by atoms with Crippen molar-refractivity contribution in [2.75, 3.05) is 31.1 Å². The van der Waals surface area contributed by atoms with Crippen LogP contribution in [-0.2, 0) is 30.3 Å². The predicted molar refractivity (Wildman–Crippen MR) is 96.9 cm³/mol. The van der Waals surface area contributed by atoms with E-state index in [1.165, 1.54) is 11.3 Å². The van der Waals surface area contributed by atoms with E-state index in [1.807, 2.05) is 0 Å². The van der Waals surface area contributed by atoms with Crippen LogP contribution in [0.3, 0.4) is 0 Å². The van der Waals surface area contributed by atoms with Crippen molar-refractivity contribution in [1.82, 2.24) is 9.88 Å². The Morgan fingerprint density at radius 1 is 1.26 bits per heavy atom. The van der Waals surface area contributed by atoms with Crippen LogP contribution in [0.2, 0.25) is 0 Å². The molecule has 0 unspecified atom stereocenters. The first-order valence-corrected chi connectivity index (χ1v) is 9.79. The number of anilines is 1. The van der Waals surface area contributed by atoms with Gasteiger partial charge < -0.3 is 15.4 Å². The zero-order valence-electron chi connectivity index (χ0n) is 14.9. The van der Waals surface area contributed by atoms with E-state index in [0.29, 0.717) is 49.7 Å². The highest BCUT2D eigenvalue weighted by molar-refractivity contribution is 7.14. The van der Waals surface area contributed by atoms with E-state index in [2.05, 4.69) is 4.98 Å². The average Bonchev–Trinajstić information content (AvgIpc) is 3.28. The number of esters is 1. The van der Waals surface area contributed by atoms with Crippen LogP contribution in [0, 0.1) is 5.92 Å². The third-order valence-corrected chi connectivity index (χ3v) is 5.69. The summed E-state index contributed by atoms with van der Waals surface area (Å²) in [5.74, 6) is -1.32. The molecule has 0 radical (unpaired) electrons. The summed E-state index contributed by atoms with van der Waals surface area (Å²) in [7, 11) is 0. The quantitative estimate of drug-likeness (QED) is 0.682. The highest BCUT2D eigenvalue weighted by Gasteiger charge is 2.27. The number of aromatic nitrogens is 1. The number of amides is 3. The topological polar surface area (TPSA) is 123 Å². The van der Waals surface area contributed by atoms with Crippen molar-refractivity contribution in [3.8, 4) is 0 Å². The van der Waals surface area contributed by atoms with Crippen LogP contribution >= 0.6 is 11.3 Å². The molecule has 1 aromatic rings. The lowest BCUT2D eigenvalue weighted by Crippen LogP contribution is -2.43. The highest BCUT2D eigenvalue weighted by atomic mass is 32.1. The fourth-order valence-corrected chi connectivity index (χ4v) is 4.07. The van der Waals surface area contributed by atoms with Crippen molar-refractivity contribution in [2.45, 2.75) is 32.1 Å². The maximum atomic E-state index is 12.1. The first kappa shape index (κ1) is 19.3. The number of carbonyl (C=O) groups is 4. The number of rotatable bonds is 6. The van der Waals surface area contributed by atoms with E-state index in [4.69, 9.17) is 10.5 Å². The lowest BCUT2D eigenvalue weighted by Gasteiger charge is -2.30. The van der Waals surface area contributed by atoms with Crippen LogP contribution in [0.25, 0.3) is 0 Å². The van der Waals surface area contributed by atoms with Crippen molar-refractivity contribution in [3.63, 3.8) is 0 Å². The molecule has 2 N–H and O–H groups in total. The SMILES string of the molecule is NC(=O)C1CCN(C(=O)COC(=O)Cc2csc(N3CCCC3=O)n2)CC1. The number of ether oxygens (including phenoxy) is 1. The molecule has 146 valence electrons. The maximum Gasteiger partial charge on any atom is 0.312 e. The fourth-order valence-electron chi connectivity index (χ4n) is 3.20. The number of thiazole rings is 1. The molecule has 3 amide bonds. The second-order valence-electron chi connectivity index (χ2n) is 6.67. The molecule has 0 spiro atoms. The second-order valence-corrected chi connectivity index (χ2v) is 7.50. The Bertz CT molecular complexity index is 741. The minimum absolute atomic E-state index is 0.0455. The van der Waals surface area contributed by atoms with Crippen LogP contribution in [0.1, 0.15) is 31.4 Å². The molecule has 2 aliphatic rings. The smallest absolute Gasteiger partial charge is 0.312 e. The van der Waals surface area contributed by atoms with Crippen LogP contribution in [0.4, 0.5) is 5.13 Å². The molecule has 0 saturated carbocycles. The van der Waals surface area contributed by atoms with E-state index in [1.54, 1.807) is 15.2 Å². The van der Waals surface area contributed by atoms with E-state index < -0.39 is 5.97 Å². The number of nitrogens with two attached hydrogens (primary N) is 1. The monoisotopic (exact) mass is 394 g/mol. The summed E-state index contributed by atoms with van der Waals surface area (Å²) in [5.41, 5.74) is 5.79. The Balaban J connectivity index is 1.42. The Morgan fingerprint density at radius 3 is 2.63 bits per heavy atom. The van der Waals surface area contributed by atoms with Gasteiger partial charge in [-0.05, 0) is 19.3 Å². The molecule has 0 atom stereocenters. The molecule has 3 heterocycles. The van der Waals surface area contributed by atoms with Gasteiger partial charge in [-0.1, -0.05) is 0 Å². The lowest BCUT2D eigenvalue weighted by atomic mass is 9.96. The Kier molecular flexibility index (Phi) is 6.04. The molecule has 10 heteroatoms. The Labute approximate surface area is 160 Å². The number of primary amides is 1. The molecular formula is C17H22N4O5S. The first-order chi connectivity index (χ1) is 12.9. The van der Waals surface area contributed by atoms with Gasteiger partial charge in [-0.25, -0.2) is 4.98 Å². The predicted octanol–water partition coefficient (Wildman–Crippen LogP) is 0.0795. The number of carbonyl (C=O) groups excluding carboxylic acids is 4. The number of likely N-dealkylation sites (tertiary alicyclic amines) is 1. The van der Waals surface area contributed by atoms with Crippen molar-refractivity contribution in [2.24, 2.45) is 11.7 Å². The molecule has 0 bridgehead atoms. The van der Waals surface area contributed by atoms with Gasteiger partial charge in [0.05, 0.1) is 12.1 Å². The number of hydrogen-bond acceptors (Lipinski definition) is 7. The molecule has 2 aliphatic heterocycles. The molecule has 2 saturated heterocycles. The van der Waals surface area contributed by atoms with Gasteiger partial charge in [-0.3, -0.25) is 24.1 Å². The summed E-state index contributed by atoms with van der Waals surface area (Å²) in [5, 5.41) is 2.31. The number of hydrogen-bond donors (Lipinski definition) is 1. The van der Waals surface area contributed by atoms with E-state index in [9.17, 15) is 19.2 Å². The summed E-state index contributed by atoms with van der Waals surface area (Å²) in [6, 6.07) is 0. The molecule has 0 aromatic carbocycles. The number of piperidine rings is 1. The third kappa shape index (κ3) is 4.82. The maximum absolute atomic E-state index is 12.1. The first-order valence-electron chi connectivity index (χ1n) is 8.91. The average molecular weight is 394 g/mol. The van der Waals surface area contributed by atoms with Gasteiger partial charge in [0, 0.05) is 37.4 Å². The van der Waals surface area contributed by atoms with Gasteiger partial charge in [0.15, 0.2) is 11.7 Å². The van der Waals surface area contributed by atoms with Crippen LogP contribution in [0.5, 0.6) is 0 Å². The van der Waals surface area contributed by atoms with E-state index in [0.717, 1.165) is 6.42 Å². The normalized spacial score (nSPS) is 18.0. The van der Waals surface area contributed by atoms with Crippen LogP contribution in [-0.4, -0.2) is 59.8 Å². The van der Waals surface area contributed by atoms with Gasteiger partial charge in [0.1, 0.15) is 0 Å². The second kappa shape index (κ2) is 8.47. The van der Waals surface area contributed by atoms with Gasteiger partial charge in [-0.2, -0.15) is 0 Å². The molecule has 2 fully saturated rings. The Hall–Kier alpha value is -2.49. The largest absolute Gasteiger partial charge is 0.455 e. The molecular weight excluding hydrogens is 372 g/mol. The highest BCUT2D eigenvalue weighted by Crippen LogP contribution is 2.25. The molecule has 0 aliphatic carbocycles. The number of nitrogens with zero attached hydrogens (tertiary/aromatic N) is 3. The van der Waals surface area contributed by atoms with Gasteiger partial charge in [0.25, 0.3) is 5.91 Å². The minimum atomic E-state index is -0.542. The van der Waals surface area contributed by atoms with Crippen molar-refractivity contribution in [1.29, 1.82) is 0 Å². The van der Waals surface area contributed by atoms with Crippen molar-refractivity contribution in [3.05, 3.63) is 11.1 Å². The lowest BCUT2D eigenvalue weighted by molar-refractivity contribution is -0.152. The zero-order valence-corrected chi connectivity index (χ0v) is 15.7. The molecule has 1 aromatic heterocycles. The summed E-state index contributed by atoms with van der Waals surface area (Å²) in [6.45, 7) is 1.19. The summed E-state index contributed by atoms with van der Waals surface area (Å²) in [4.78, 5) is 54.5. The summed E-state index contributed by atoms with van der Waals surface area (Å²) in [6.07, 6.45) is 2.36. The third-order valence-electron chi connectivity index (χ3n) is 4.78. The van der Waals surface area contributed by atoms with Gasteiger partial charge >= 0.3 is 5.97 Å². The zero-order chi connectivity index (χ0) is 19.4. The van der Waals surface area contributed by atoms with Crippen molar-refractivity contribution < 1.29 is 23.9 Å². The van der Waals surface area contributed by atoms with E-state index in [-0.39, 0.29) is 36.7 Å². The standard InChI is InChI=1S/C17H22N4O5S/c18-16(25)11-3-6-20(7-4-11)14(23)9-26-15(24)8-12-10-27-17(19-12)21-5-1-2-13(21)22/h10-11H,1-9H2,(H2,18,25). The summed E-state index contributed by atoms with van der Waals surface area (Å²) < 4.78 is 5.05. The van der Waals surface area contributed by atoms with Gasteiger partial charge in [-0.15, -0.1) is 11.3 Å². The molecule has 3 rings (SSSR count). The Morgan fingerprint density at radius 2 is 2.00 bits per heavy atom. The summed E-state index contributed by atoms with van der Waals surface area (Å²) >= 11 is 1.32. The minimum Gasteiger partial charge on any atom is -0.455 e. The molecule has 9 nitrogen and oxygen atoms in total. The fraction of sp³-hybridized carbons (Fsp3) is 0.588. The van der Waals surface area contributed by atoms with E-state index >= 15 is 0 Å². The van der Waals surface area contributed by atoms with Crippen LogP contribution in [0.15, 0.2) is 5.38 Å². The van der Waals surface area contributed by atoms with Crippen LogP contribution < -0.4 is 10.6 Å². The van der Waals surface area contributed by atoms with Gasteiger partial charge in [0.2, 0.25) is 11.8 Å². The molecule has 27 heavy (non-hydrogen) atoms. The van der Waals surface area contributed by atoms with Crippen molar-refractivity contribution >= 4 is 40.2 Å².